The van der Waals surface area contributed by atoms with E-state index in [1.165, 1.54) is 0 Å². The van der Waals surface area contributed by atoms with Crippen molar-refractivity contribution in [2.45, 2.75) is 38.6 Å². The lowest BCUT2D eigenvalue weighted by molar-refractivity contribution is -0.137. The predicted molar refractivity (Wildman–Crippen MR) is 73.6 cm³/mol. The number of rotatable bonds is 5. The lowest BCUT2D eigenvalue weighted by Gasteiger charge is -2.25. The van der Waals surface area contributed by atoms with Gasteiger partial charge in [0, 0.05) is 32.1 Å². The molecule has 1 aromatic heterocycles. The van der Waals surface area contributed by atoms with Crippen molar-refractivity contribution in [2.75, 3.05) is 23.8 Å². The summed E-state index contributed by atoms with van der Waals surface area (Å²) in [5.41, 5.74) is 0. The van der Waals surface area contributed by atoms with Crippen LogP contribution in [0.5, 0.6) is 0 Å². The number of aromatic nitrogens is 2. The monoisotopic (exact) mass is 264 g/mol. The molecule has 1 aromatic rings. The fraction of sp³-hybridized carbons (Fsp3) is 0.615. The first-order valence-electron chi connectivity index (χ1n) is 6.62. The zero-order chi connectivity index (χ0) is 13.8. The van der Waals surface area contributed by atoms with E-state index in [0.717, 1.165) is 36.8 Å². The Morgan fingerprint density at radius 3 is 3.05 bits per heavy atom. The average molecular weight is 264 g/mol. The standard InChI is InChI=1S/C13H20N4O2/c1-9-15-11(14-2)8-12(16-9)17-7-3-4-10(17)5-6-13(18)19/h8,10H,3-7H2,1-2H3,(H,18,19)(H,14,15,16). The third-order valence-corrected chi connectivity index (χ3v) is 3.44. The van der Waals surface area contributed by atoms with E-state index in [1.54, 1.807) is 0 Å². The van der Waals surface area contributed by atoms with Crippen molar-refractivity contribution in [3.8, 4) is 0 Å². The first-order chi connectivity index (χ1) is 9.10. The van der Waals surface area contributed by atoms with Gasteiger partial charge in [0.05, 0.1) is 0 Å². The second kappa shape index (κ2) is 5.86. The van der Waals surface area contributed by atoms with Crippen LogP contribution in [0.15, 0.2) is 6.07 Å². The Bertz CT molecular complexity index is 464. The van der Waals surface area contributed by atoms with Crippen LogP contribution in [0.4, 0.5) is 11.6 Å². The van der Waals surface area contributed by atoms with Crippen molar-refractivity contribution in [2.24, 2.45) is 0 Å². The number of aryl methyl sites for hydroxylation is 1. The highest BCUT2D eigenvalue weighted by atomic mass is 16.4. The Hall–Kier alpha value is -1.85. The zero-order valence-electron chi connectivity index (χ0n) is 11.4. The number of hydrogen-bond donors (Lipinski definition) is 2. The fourth-order valence-electron chi connectivity index (χ4n) is 2.55. The predicted octanol–water partition coefficient (Wildman–Crippen LogP) is 1.66. The van der Waals surface area contributed by atoms with Gasteiger partial charge in [0.2, 0.25) is 0 Å². The Morgan fingerprint density at radius 1 is 1.58 bits per heavy atom. The average Bonchev–Trinajstić information content (AvgIpc) is 2.83. The van der Waals surface area contributed by atoms with Crippen LogP contribution < -0.4 is 10.2 Å². The van der Waals surface area contributed by atoms with E-state index in [9.17, 15) is 4.79 Å². The molecule has 1 aliphatic rings. The maximum atomic E-state index is 10.7. The molecule has 2 rings (SSSR count). The molecule has 19 heavy (non-hydrogen) atoms. The van der Waals surface area contributed by atoms with Crippen LogP contribution in [0, 0.1) is 6.92 Å². The van der Waals surface area contributed by atoms with Gasteiger partial charge in [0.1, 0.15) is 17.5 Å². The number of anilines is 2. The van der Waals surface area contributed by atoms with Gasteiger partial charge in [0.15, 0.2) is 0 Å². The second-order valence-corrected chi connectivity index (χ2v) is 4.83. The zero-order valence-corrected chi connectivity index (χ0v) is 11.4. The van der Waals surface area contributed by atoms with E-state index in [0.29, 0.717) is 6.42 Å². The molecule has 0 aromatic carbocycles. The summed E-state index contributed by atoms with van der Waals surface area (Å²) in [6.45, 7) is 2.80. The second-order valence-electron chi connectivity index (χ2n) is 4.83. The molecule has 2 heterocycles. The number of aliphatic carboxylic acids is 1. The molecule has 0 amide bonds. The molecule has 1 fully saturated rings. The lowest BCUT2D eigenvalue weighted by atomic mass is 10.1. The molecule has 6 nitrogen and oxygen atoms in total. The number of carbonyl (C=O) groups is 1. The first kappa shape index (κ1) is 13.6. The van der Waals surface area contributed by atoms with Crippen molar-refractivity contribution in [3.05, 3.63) is 11.9 Å². The summed E-state index contributed by atoms with van der Waals surface area (Å²) < 4.78 is 0. The van der Waals surface area contributed by atoms with Crippen molar-refractivity contribution < 1.29 is 9.90 Å². The van der Waals surface area contributed by atoms with E-state index < -0.39 is 5.97 Å². The summed E-state index contributed by atoms with van der Waals surface area (Å²) in [4.78, 5) is 21.7. The Morgan fingerprint density at radius 2 is 2.37 bits per heavy atom. The maximum Gasteiger partial charge on any atom is 0.303 e. The van der Waals surface area contributed by atoms with Crippen LogP contribution in [0.2, 0.25) is 0 Å². The number of nitrogens with one attached hydrogen (secondary N) is 1. The third-order valence-electron chi connectivity index (χ3n) is 3.44. The molecule has 0 aliphatic carbocycles. The van der Waals surface area contributed by atoms with Crippen molar-refractivity contribution in [3.63, 3.8) is 0 Å². The van der Waals surface area contributed by atoms with Crippen molar-refractivity contribution >= 4 is 17.6 Å². The molecular formula is C13H20N4O2. The molecule has 2 N–H and O–H groups in total. The van der Waals surface area contributed by atoms with Crippen LogP contribution in [-0.4, -0.2) is 40.7 Å². The van der Waals surface area contributed by atoms with E-state index in [2.05, 4.69) is 20.2 Å². The molecule has 1 unspecified atom stereocenters. The molecule has 0 bridgehead atoms. The molecular weight excluding hydrogens is 244 g/mol. The minimum absolute atomic E-state index is 0.212. The van der Waals surface area contributed by atoms with Crippen LogP contribution in [0.1, 0.15) is 31.5 Å². The highest BCUT2D eigenvalue weighted by molar-refractivity contribution is 5.66. The largest absolute Gasteiger partial charge is 0.481 e. The summed E-state index contributed by atoms with van der Waals surface area (Å²) in [5.74, 6) is 1.68. The normalized spacial score (nSPS) is 18.6. The number of carboxylic acid groups (broad SMARTS) is 1. The van der Waals surface area contributed by atoms with E-state index in [-0.39, 0.29) is 12.5 Å². The minimum atomic E-state index is -0.735. The van der Waals surface area contributed by atoms with Gasteiger partial charge in [-0.25, -0.2) is 9.97 Å². The third kappa shape index (κ3) is 3.33. The molecule has 0 radical (unpaired) electrons. The lowest BCUT2D eigenvalue weighted by Crippen LogP contribution is -2.30. The van der Waals surface area contributed by atoms with Crippen LogP contribution in [0.25, 0.3) is 0 Å². The maximum absolute atomic E-state index is 10.7. The quantitative estimate of drug-likeness (QED) is 0.842. The van der Waals surface area contributed by atoms with E-state index in [1.807, 2.05) is 20.0 Å². The van der Waals surface area contributed by atoms with Crippen molar-refractivity contribution in [1.29, 1.82) is 0 Å². The van der Waals surface area contributed by atoms with Gasteiger partial charge in [-0.3, -0.25) is 4.79 Å². The van der Waals surface area contributed by atoms with E-state index >= 15 is 0 Å². The van der Waals surface area contributed by atoms with Crippen LogP contribution in [0.3, 0.4) is 0 Å². The molecule has 0 saturated carbocycles. The molecule has 0 spiro atoms. The Balaban J connectivity index is 2.15. The number of carboxylic acids is 1. The highest BCUT2D eigenvalue weighted by Gasteiger charge is 2.26. The summed E-state index contributed by atoms with van der Waals surface area (Å²) in [6, 6.07) is 2.20. The van der Waals surface area contributed by atoms with E-state index in [4.69, 9.17) is 5.11 Å². The summed E-state index contributed by atoms with van der Waals surface area (Å²) in [6.07, 6.45) is 3.00. The smallest absolute Gasteiger partial charge is 0.303 e. The van der Waals surface area contributed by atoms with Gasteiger partial charge in [-0.1, -0.05) is 0 Å². The summed E-state index contributed by atoms with van der Waals surface area (Å²) >= 11 is 0. The molecule has 1 aliphatic heterocycles. The summed E-state index contributed by atoms with van der Waals surface area (Å²) in [5, 5.41) is 11.8. The van der Waals surface area contributed by atoms with Gasteiger partial charge in [-0.2, -0.15) is 0 Å². The molecule has 104 valence electrons. The topological polar surface area (TPSA) is 78.4 Å². The molecule has 1 atom stereocenters. The number of hydrogen-bond acceptors (Lipinski definition) is 5. The minimum Gasteiger partial charge on any atom is -0.481 e. The van der Waals surface area contributed by atoms with Gasteiger partial charge in [-0.05, 0) is 26.2 Å². The van der Waals surface area contributed by atoms with Gasteiger partial charge in [-0.15, -0.1) is 0 Å². The highest BCUT2D eigenvalue weighted by Crippen LogP contribution is 2.27. The first-order valence-corrected chi connectivity index (χ1v) is 6.62. The van der Waals surface area contributed by atoms with Crippen LogP contribution >= 0.6 is 0 Å². The summed E-state index contributed by atoms with van der Waals surface area (Å²) in [7, 11) is 1.83. The molecule has 6 heteroatoms. The van der Waals surface area contributed by atoms with Gasteiger partial charge >= 0.3 is 5.97 Å². The van der Waals surface area contributed by atoms with Gasteiger partial charge < -0.3 is 15.3 Å². The SMILES string of the molecule is CNc1cc(N2CCCC2CCC(=O)O)nc(C)n1. The molecule has 1 saturated heterocycles. The Kier molecular flexibility index (Phi) is 4.19. The number of nitrogens with zero attached hydrogens (tertiary/aromatic N) is 3. The van der Waals surface area contributed by atoms with Crippen molar-refractivity contribution in [1.82, 2.24) is 9.97 Å². The van der Waals surface area contributed by atoms with Crippen LogP contribution in [-0.2, 0) is 4.79 Å². The Labute approximate surface area is 112 Å². The van der Waals surface area contributed by atoms with Gasteiger partial charge in [0.25, 0.3) is 0 Å². The fourth-order valence-corrected chi connectivity index (χ4v) is 2.55.